The van der Waals surface area contributed by atoms with Crippen molar-refractivity contribution in [2.75, 3.05) is 11.4 Å². The van der Waals surface area contributed by atoms with E-state index in [1.54, 1.807) is 4.90 Å². The number of carbonyl (C=O) groups is 3. The van der Waals surface area contributed by atoms with E-state index in [1.807, 2.05) is 18.2 Å². The average molecular weight is 386 g/mol. The number of anilines is 1. The number of benzene rings is 1. The molecule has 2 N–H and O–H groups in total. The normalized spacial score (nSPS) is 26.1. The fourth-order valence-electron chi connectivity index (χ4n) is 4.29. The van der Waals surface area contributed by atoms with E-state index in [0.717, 1.165) is 17.7 Å². The maximum absolute atomic E-state index is 12.7. The molecule has 1 aliphatic carbocycles. The van der Waals surface area contributed by atoms with Gasteiger partial charge in [-0.2, -0.15) is 0 Å². The fourth-order valence-corrected chi connectivity index (χ4v) is 4.29. The lowest BCUT2D eigenvalue weighted by molar-refractivity contribution is -0.142. The molecule has 1 aromatic rings. The van der Waals surface area contributed by atoms with Gasteiger partial charge < -0.3 is 15.3 Å². The summed E-state index contributed by atoms with van der Waals surface area (Å²) in [5.41, 5.74) is 2.06. The Hall–Kier alpha value is -2.37. The molecule has 2 aliphatic rings. The number of carboxylic acids is 1. The number of amides is 2. The maximum Gasteiger partial charge on any atom is 0.306 e. The molecule has 152 valence electrons. The number of hydrogen-bond acceptors (Lipinski definition) is 3. The van der Waals surface area contributed by atoms with Crippen LogP contribution in [-0.2, 0) is 14.4 Å². The topological polar surface area (TPSA) is 86.7 Å². The number of nitrogens with zero attached hydrogens (tertiary/aromatic N) is 1. The van der Waals surface area contributed by atoms with Crippen LogP contribution in [0.5, 0.6) is 0 Å². The minimum Gasteiger partial charge on any atom is -0.481 e. The van der Waals surface area contributed by atoms with E-state index in [2.05, 4.69) is 25.2 Å². The molecule has 1 heterocycles. The number of para-hydroxylation sites is 1. The van der Waals surface area contributed by atoms with Crippen LogP contribution in [0.15, 0.2) is 24.3 Å². The molecular weight excluding hydrogens is 356 g/mol. The summed E-state index contributed by atoms with van der Waals surface area (Å²) in [4.78, 5) is 38.2. The number of carboxylic acid groups (broad SMARTS) is 1. The highest BCUT2D eigenvalue weighted by molar-refractivity contribution is 6.01. The summed E-state index contributed by atoms with van der Waals surface area (Å²) in [5.74, 6) is -1.15. The molecular formula is C22H30N2O4. The van der Waals surface area contributed by atoms with Gasteiger partial charge in [0, 0.05) is 24.7 Å². The zero-order valence-electron chi connectivity index (χ0n) is 16.7. The van der Waals surface area contributed by atoms with Crippen molar-refractivity contribution >= 4 is 23.5 Å². The summed E-state index contributed by atoms with van der Waals surface area (Å²) >= 11 is 0. The molecule has 1 saturated carbocycles. The van der Waals surface area contributed by atoms with Gasteiger partial charge in [0.2, 0.25) is 11.8 Å². The van der Waals surface area contributed by atoms with Crippen LogP contribution in [0.25, 0.3) is 0 Å². The van der Waals surface area contributed by atoms with E-state index in [1.165, 1.54) is 0 Å². The summed E-state index contributed by atoms with van der Waals surface area (Å²) in [7, 11) is 0. The maximum atomic E-state index is 12.7. The van der Waals surface area contributed by atoms with Crippen molar-refractivity contribution in [1.82, 2.24) is 5.32 Å². The molecule has 3 rings (SSSR count). The van der Waals surface area contributed by atoms with Crippen LogP contribution in [0.1, 0.15) is 63.9 Å². The predicted molar refractivity (Wildman–Crippen MR) is 107 cm³/mol. The third kappa shape index (κ3) is 4.37. The van der Waals surface area contributed by atoms with Crippen molar-refractivity contribution in [3.05, 3.63) is 29.8 Å². The van der Waals surface area contributed by atoms with Gasteiger partial charge in [-0.15, -0.1) is 0 Å². The summed E-state index contributed by atoms with van der Waals surface area (Å²) in [6.45, 7) is 4.68. The highest BCUT2D eigenvalue weighted by atomic mass is 16.4. The number of aliphatic carboxylic acids is 1. The Kier molecular flexibility index (Phi) is 6.37. The molecule has 6 heteroatoms. The van der Waals surface area contributed by atoms with Crippen molar-refractivity contribution in [1.29, 1.82) is 0 Å². The smallest absolute Gasteiger partial charge is 0.306 e. The van der Waals surface area contributed by atoms with E-state index < -0.39 is 5.97 Å². The SMILES string of the molecule is CCC(C)c1ccccc1N1CC(C(=O)NC2CCC(C(=O)O)CC2)CC1=O. The molecule has 2 unspecified atom stereocenters. The van der Waals surface area contributed by atoms with Gasteiger partial charge in [0.1, 0.15) is 0 Å². The van der Waals surface area contributed by atoms with Crippen LogP contribution in [0.3, 0.4) is 0 Å². The molecule has 2 fully saturated rings. The van der Waals surface area contributed by atoms with Crippen molar-refractivity contribution in [3.63, 3.8) is 0 Å². The first-order chi connectivity index (χ1) is 13.4. The monoisotopic (exact) mass is 386 g/mol. The van der Waals surface area contributed by atoms with Gasteiger partial charge in [0.25, 0.3) is 0 Å². The number of hydrogen-bond donors (Lipinski definition) is 2. The van der Waals surface area contributed by atoms with Gasteiger partial charge in [0.15, 0.2) is 0 Å². The van der Waals surface area contributed by atoms with E-state index >= 15 is 0 Å². The highest BCUT2D eigenvalue weighted by Crippen LogP contribution is 2.33. The lowest BCUT2D eigenvalue weighted by atomic mass is 9.86. The predicted octanol–water partition coefficient (Wildman–Crippen LogP) is 3.31. The zero-order chi connectivity index (χ0) is 20.3. The molecule has 28 heavy (non-hydrogen) atoms. The highest BCUT2D eigenvalue weighted by Gasteiger charge is 2.37. The van der Waals surface area contributed by atoms with Crippen molar-refractivity contribution in [2.45, 2.75) is 64.3 Å². The Labute approximate surface area is 166 Å². The van der Waals surface area contributed by atoms with Gasteiger partial charge in [0.05, 0.1) is 11.8 Å². The molecule has 2 atom stereocenters. The first-order valence-corrected chi connectivity index (χ1v) is 10.3. The van der Waals surface area contributed by atoms with Crippen LogP contribution < -0.4 is 10.2 Å². The van der Waals surface area contributed by atoms with Crippen LogP contribution in [0.4, 0.5) is 5.69 Å². The van der Waals surface area contributed by atoms with Crippen molar-refractivity contribution < 1.29 is 19.5 Å². The number of carbonyl (C=O) groups excluding carboxylic acids is 2. The van der Waals surface area contributed by atoms with Gasteiger partial charge in [-0.1, -0.05) is 32.0 Å². The Balaban J connectivity index is 1.62. The third-order valence-electron chi connectivity index (χ3n) is 6.29. The van der Waals surface area contributed by atoms with Crippen LogP contribution in [0.2, 0.25) is 0 Å². The van der Waals surface area contributed by atoms with Gasteiger partial charge in [-0.3, -0.25) is 14.4 Å². The quantitative estimate of drug-likeness (QED) is 0.785. The summed E-state index contributed by atoms with van der Waals surface area (Å²) < 4.78 is 0. The average Bonchev–Trinajstić information content (AvgIpc) is 3.09. The Morgan fingerprint density at radius 2 is 1.86 bits per heavy atom. The molecule has 0 bridgehead atoms. The second kappa shape index (κ2) is 8.76. The lowest BCUT2D eigenvalue weighted by Gasteiger charge is -2.28. The molecule has 1 saturated heterocycles. The van der Waals surface area contributed by atoms with E-state index in [9.17, 15) is 14.4 Å². The van der Waals surface area contributed by atoms with E-state index in [-0.39, 0.29) is 36.1 Å². The molecule has 0 spiro atoms. The number of rotatable bonds is 6. The third-order valence-corrected chi connectivity index (χ3v) is 6.29. The molecule has 0 aromatic heterocycles. The van der Waals surface area contributed by atoms with Gasteiger partial charge >= 0.3 is 5.97 Å². The zero-order valence-corrected chi connectivity index (χ0v) is 16.7. The summed E-state index contributed by atoms with van der Waals surface area (Å²) in [5, 5.41) is 12.1. The van der Waals surface area contributed by atoms with Crippen LogP contribution in [-0.4, -0.2) is 35.5 Å². The van der Waals surface area contributed by atoms with E-state index in [4.69, 9.17) is 5.11 Å². The Morgan fingerprint density at radius 3 is 2.50 bits per heavy atom. The van der Waals surface area contributed by atoms with Crippen LogP contribution >= 0.6 is 0 Å². The summed E-state index contributed by atoms with van der Waals surface area (Å²) in [6.07, 6.45) is 3.78. The van der Waals surface area contributed by atoms with Crippen molar-refractivity contribution in [3.8, 4) is 0 Å². The van der Waals surface area contributed by atoms with Gasteiger partial charge in [-0.25, -0.2) is 0 Å². The first-order valence-electron chi connectivity index (χ1n) is 10.3. The minimum atomic E-state index is -0.748. The number of nitrogens with one attached hydrogen (secondary N) is 1. The van der Waals surface area contributed by atoms with E-state index in [0.29, 0.717) is 38.1 Å². The molecule has 2 amide bonds. The lowest BCUT2D eigenvalue weighted by Crippen LogP contribution is -2.42. The second-order valence-corrected chi connectivity index (χ2v) is 8.17. The Morgan fingerprint density at radius 1 is 1.18 bits per heavy atom. The Bertz CT molecular complexity index is 740. The summed E-state index contributed by atoms with van der Waals surface area (Å²) in [6, 6.07) is 7.96. The molecule has 1 aromatic carbocycles. The van der Waals surface area contributed by atoms with Crippen LogP contribution in [0, 0.1) is 11.8 Å². The molecule has 0 radical (unpaired) electrons. The standard InChI is InChI=1S/C22H30N2O4/c1-3-14(2)18-6-4-5-7-19(18)24-13-16(12-20(24)25)21(26)23-17-10-8-15(9-11-17)22(27)28/h4-7,14-17H,3,8-13H2,1-2H3,(H,23,26)(H,27,28). The first kappa shape index (κ1) is 20.4. The second-order valence-electron chi connectivity index (χ2n) is 8.17. The fraction of sp³-hybridized carbons (Fsp3) is 0.591. The minimum absolute atomic E-state index is 0.00881. The molecule has 6 nitrogen and oxygen atoms in total. The van der Waals surface area contributed by atoms with Crippen molar-refractivity contribution in [2.24, 2.45) is 11.8 Å². The molecule has 1 aliphatic heterocycles. The van der Waals surface area contributed by atoms with Gasteiger partial charge in [-0.05, 0) is 49.7 Å². The largest absolute Gasteiger partial charge is 0.481 e.